The lowest BCUT2D eigenvalue weighted by molar-refractivity contribution is -0.122. The molecule has 1 N–H and O–H groups in total. The van der Waals surface area contributed by atoms with Crippen molar-refractivity contribution >= 4 is 5.91 Å². The second kappa shape index (κ2) is 4.99. The summed E-state index contributed by atoms with van der Waals surface area (Å²) in [4.78, 5) is 11.3. The van der Waals surface area contributed by atoms with Gasteiger partial charge in [-0.25, -0.2) is 0 Å². The minimum atomic E-state index is -0.566. The van der Waals surface area contributed by atoms with Gasteiger partial charge >= 0.3 is 0 Å². The first-order chi connectivity index (χ1) is 6.72. The van der Waals surface area contributed by atoms with E-state index in [1.54, 1.807) is 0 Å². The van der Waals surface area contributed by atoms with Gasteiger partial charge in [0, 0.05) is 6.42 Å². The molecule has 0 aromatic rings. The Kier molecular flexibility index (Phi) is 3.94. The van der Waals surface area contributed by atoms with Gasteiger partial charge in [-0.1, -0.05) is 32.6 Å². The molecule has 1 saturated carbocycles. The molecule has 1 amide bonds. The molecule has 1 rings (SSSR count). The van der Waals surface area contributed by atoms with Gasteiger partial charge in [0.2, 0.25) is 5.91 Å². The number of carbonyl (C=O) groups excluding carboxylic acids is 1. The van der Waals surface area contributed by atoms with Crippen molar-refractivity contribution in [3.05, 3.63) is 0 Å². The first-order valence-corrected chi connectivity index (χ1v) is 5.45. The summed E-state index contributed by atoms with van der Waals surface area (Å²) in [5, 5.41) is 12.0. The van der Waals surface area contributed by atoms with Crippen LogP contribution in [0.5, 0.6) is 0 Å². The Balaban J connectivity index is 2.64. The largest absolute Gasteiger partial charge is 0.338 e. The molecule has 0 saturated heterocycles. The quantitative estimate of drug-likeness (QED) is 0.685. The van der Waals surface area contributed by atoms with Gasteiger partial charge in [-0.15, -0.1) is 0 Å². The van der Waals surface area contributed by atoms with E-state index in [0.29, 0.717) is 6.42 Å². The van der Waals surface area contributed by atoms with Gasteiger partial charge in [0.25, 0.3) is 0 Å². The predicted molar refractivity (Wildman–Crippen MR) is 54.5 cm³/mol. The highest BCUT2D eigenvalue weighted by Gasteiger charge is 2.31. The van der Waals surface area contributed by atoms with E-state index in [9.17, 15) is 4.79 Å². The molecule has 0 heterocycles. The molecule has 0 aromatic heterocycles. The molecule has 0 spiro atoms. The second-order valence-corrected chi connectivity index (χ2v) is 4.01. The van der Waals surface area contributed by atoms with Gasteiger partial charge in [0.05, 0.1) is 6.07 Å². The van der Waals surface area contributed by atoms with E-state index in [-0.39, 0.29) is 5.91 Å². The average molecular weight is 194 g/mol. The van der Waals surface area contributed by atoms with E-state index in [0.717, 1.165) is 25.7 Å². The summed E-state index contributed by atoms with van der Waals surface area (Å²) in [6.07, 6.45) is 6.57. The Hall–Kier alpha value is -1.04. The highest BCUT2D eigenvalue weighted by Crippen LogP contribution is 2.26. The maximum absolute atomic E-state index is 11.3. The molecular weight excluding hydrogens is 176 g/mol. The highest BCUT2D eigenvalue weighted by atomic mass is 16.1. The van der Waals surface area contributed by atoms with E-state index >= 15 is 0 Å². The van der Waals surface area contributed by atoms with Gasteiger partial charge in [0.15, 0.2) is 0 Å². The molecule has 14 heavy (non-hydrogen) atoms. The number of nitrogens with zero attached hydrogens (tertiary/aromatic N) is 1. The molecule has 3 heteroatoms. The van der Waals surface area contributed by atoms with Crippen LogP contribution in [-0.2, 0) is 4.79 Å². The fourth-order valence-electron chi connectivity index (χ4n) is 1.95. The van der Waals surface area contributed by atoms with Gasteiger partial charge in [-0.3, -0.25) is 4.79 Å². The van der Waals surface area contributed by atoms with E-state index in [4.69, 9.17) is 5.26 Å². The van der Waals surface area contributed by atoms with Gasteiger partial charge in [-0.2, -0.15) is 5.26 Å². The number of hydrogen-bond acceptors (Lipinski definition) is 2. The summed E-state index contributed by atoms with van der Waals surface area (Å²) in [7, 11) is 0. The standard InChI is InChI=1S/C11H18N2O/c1-2-10(14)13-11(9-12)7-5-3-4-6-8-11/h2-8H2,1H3,(H,13,14). The van der Waals surface area contributed by atoms with E-state index < -0.39 is 5.54 Å². The maximum atomic E-state index is 11.3. The summed E-state index contributed by atoms with van der Waals surface area (Å²) in [6.45, 7) is 1.82. The van der Waals surface area contributed by atoms with Crippen LogP contribution in [0.1, 0.15) is 51.9 Å². The normalized spacial score (nSPS) is 20.6. The Labute approximate surface area is 85.5 Å². The number of rotatable bonds is 2. The molecule has 0 atom stereocenters. The summed E-state index contributed by atoms with van der Waals surface area (Å²) in [5.74, 6) is -0.00606. The smallest absolute Gasteiger partial charge is 0.220 e. The first kappa shape index (κ1) is 11.0. The van der Waals surface area contributed by atoms with Crippen LogP contribution in [0.3, 0.4) is 0 Å². The van der Waals surface area contributed by atoms with Gasteiger partial charge in [-0.05, 0) is 12.8 Å². The zero-order valence-electron chi connectivity index (χ0n) is 8.81. The molecule has 1 fully saturated rings. The minimum absolute atomic E-state index is 0.00606. The molecule has 1 aliphatic rings. The lowest BCUT2D eigenvalue weighted by Gasteiger charge is -2.25. The van der Waals surface area contributed by atoms with Crippen molar-refractivity contribution in [2.75, 3.05) is 0 Å². The van der Waals surface area contributed by atoms with Crippen molar-refractivity contribution in [2.45, 2.75) is 57.4 Å². The van der Waals surface area contributed by atoms with Crippen LogP contribution in [0.15, 0.2) is 0 Å². The molecule has 78 valence electrons. The fourth-order valence-corrected chi connectivity index (χ4v) is 1.95. The molecule has 3 nitrogen and oxygen atoms in total. The molecule has 0 radical (unpaired) electrons. The third-order valence-electron chi connectivity index (χ3n) is 2.87. The second-order valence-electron chi connectivity index (χ2n) is 4.01. The summed E-state index contributed by atoms with van der Waals surface area (Å²) in [6, 6.07) is 2.29. The number of amides is 1. The van der Waals surface area contributed by atoms with Crippen molar-refractivity contribution in [1.82, 2.24) is 5.32 Å². The Morgan fingerprint density at radius 3 is 2.36 bits per heavy atom. The summed E-state index contributed by atoms with van der Waals surface area (Å²) >= 11 is 0. The average Bonchev–Trinajstić information content (AvgIpc) is 2.44. The molecule has 1 aliphatic carbocycles. The number of nitrogens with one attached hydrogen (secondary N) is 1. The van der Waals surface area contributed by atoms with Crippen molar-refractivity contribution in [3.8, 4) is 6.07 Å². The molecule has 0 aromatic carbocycles. The highest BCUT2D eigenvalue weighted by molar-refractivity contribution is 5.76. The zero-order chi connectivity index (χ0) is 10.4. The lowest BCUT2D eigenvalue weighted by Crippen LogP contribution is -2.46. The van der Waals surface area contributed by atoms with Crippen molar-refractivity contribution in [1.29, 1.82) is 5.26 Å². The third-order valence-corrected chi connectivity index (χ3v) is 2.87. The number of carbonyl (C=O) groups is 1. The van der Waals surface area contributed by atoms with E-state index in [2.05, 4.69) is 11.4 Å². The predicted octanol–water partition coefficient (Wildman–Crippen LogP) is 2.13. The van der Waals surface area contributed by atoms with Crippen LogP contribution in [-0.4, -0.2) is 11.4 Å². The van der Waals surface area contributed by atoms with Crippen molar-refractivity contribution < 1.29 is 4.79 Å². The Morgan fingerprint density at radius 2 is 1.93 bits per heavy atom. The molecule has 0 unspecified atom stereocenters. The minimum Gasteiger partial charge on any atom is -0.338 e. The SMILES string of the molecule is CCC(=O)NC1(C#N)CCCCCC1. The van der Waals surface area contributed by atoms with Crippen LogP contribution in [0.4, 0.5) is 0 Å². The van der Waals surface area contributed by atoms with Crippen LogP contribution in [0, 0.1) is 11.3 Å². The maximum Gasteiger partial charge on any atom is 0.220 e. The van der Waals surface area contributed by atoms with Gasteiger partial charge in [0.1, 0.15) is 5.54 Å². The third kappa shape index (κ3) is 2.73. The fraction of sp³-hybridized carbons (Fsp3) is 0.818. The molecule has 0 aliphatic heterocycles. The van der Waals surface area contributed by atoms with Gasteiger partial charge < -0.3 is 5.32 Å². The zero-order valence-corrected chi connectivity index (χ0v) is 8.81. The van der Waals surface area contributed by atoms with Crippen LogP contribution >= 0.6 is 0 Å². The number of nitriles is 1. The van der Waals surface area contributed by atoms with Crippen molar-refractivity contribution in [3.63, 3.8) is 0 Å². The van der Waals surface area contributed by atoms with E-state index in [1.807, 2.05) is 6.92 Å². The Bertz CT molecular complexity index is 234. The first-order valence-electron chi connectivity index (χ1n) is 5.45. The molecule has 0 bridgehead atoms. The van der Waals surface area contributed by atoms with E-state index in [1.165, 1.54) is 12.8 Å². The monoisotopic (exact) mass is 194 g/mol. The summed E-state index contributed by atoms with van der Waals surface area (Å²) in [5.41, 5.74) is -0.566. The van der Waals surface area contributed by atoms with Crippen LogP contribution in [0.25, 0.3) is 0 Å². The van der Waals surface area contributed by atoms with Crippen molar-refractivity contribution in [2.24, 2.45) is 0 Å². The Morgan fingerprint density at radius 1 is 1.36 bits per heavy atom. The topological polar surface area (TPSA) is 52.9 Å². The lowest BCUT2D eigenvalue weighted by atomic mass is 9.92. The number of hydrogen-bond donors (Lipinski definition) is 1. The van der Waals surface area contributed by atoms with Crippen LogP contribution < -0.4 is 5.32 Å². The van der Waals surface area contributed by atoms with Crippen LogP contribution in [0.2, 0.25) is 0 Å². The summed E-state index contributed by atoms with van der Waals surface area (Å²) < 4.78 is 0. The molecular formula is C11H18N2O.